The quantitative estimate of drug-likeness (QED) is 0.437. The van der Waals surface area contributed by atoms with Gasteiger partial charge in [0.1, 0.15) is 5.52 Å². The van der Waals surface area contributed by atoms with E-state index in [-0.39, 0.29) is 12.6 Å². The van der Waals surface area contributed by atoms with Gasteiger partial charge >= 0.3 is 5.69 Å². The summed E-state index contributed by atoms with van der Waals surface area (Å²) in [5.74, 6) is 0. The Morgan fingerprint density at radius 3 is 2.63 bits per heavy atom. The molecule has 0 spiro atoms. The minimum Gasteiger partial charge on any atom is -0.390 e. The van der Waals surface area contributed by atoms with Crippen molar-refractivity contribution in [1.82, 2.24) is 29.8 Å². The number of nitrogens with one attached hydrogen (secondary N) is 2. The van der Waals surface area contributed by atoms with Crippen LogP contribution in [0.1, 0.15) is 24.6 Å². The number of H-pyrrole nitrogens is 1. The predicted octanol–water partition coefficient (Wildman–Crippen LogP) is 1.11. The number of fused-ring (bicyclic) bond motifs is 3. The number of aliphatic hydroxyl groups is 1. The van der Waals surface area contributed by atoms with Crippen molar-refractivity contribution in [2.45, 2.75) is 25.5 Å². The van der Waals surface area contributed by atoms with Gasteiger partial charge < -0.3 is 10.4 Å². The summed E-state index contributed by atoms with van der Waals surface area (Å²) < 4.78 is 1.67. The second kappa shape index (κ2) is 7.43. The number of pyridine rings is 3. The molecule has 1 saturated heterocycles. The summed E-state index contributed by atoms with van der Waals surface area (Å²) in [6.07, 6.45) is 4.73. The van der Waals surface area contributed by atoms with Gasteiger partial charge in [0.15, 0.2) is 0 Å². The third-order valence-electron chi connectivity index (χ3n) is 5.57. The number of aliphatic hydroxyl groups excluding tert-OH is 1. The molecule has 0 aliphatic carbocycles. The van der Waals surface area contributed by atoms with Gasteiger partial charge in [0.2, 0.25) is 0 Å². The van der Waals surface area contributed by atoms with E-state index < -0.39 is 11.2 Å². The molecule has 4 aromatic rings. The molecular weight excluding hydrogens is 384 g/mol. The topological polar surface area (TPSA) is 126 Å². The first-order valence-corrected chi connectivity index (χ1v) is 9.87. The molecule has 4 aromatic heterocycles. The van der Waals surface area contributed by atoms with Crippen LogP contribution in [-0.4, -0.2) is 42.7 Å². The number of nitrogens with zero attached hydrogens (tertiary/aromatic N) is 4. The van der Waals surface area contributed by atoms with Crippen molar-refractivity contribution in [3.05, 3.63) is 63.2 Å². The number of rotatable bonds is 3. The summed E-state index contributed by atoms with van der Waals surface area (Å²) in [6.45, 7) is 1.48. The molecule has 5 heterocycles. The monoisotopic (exact) mass is 404 g/mol. The third-order valence-corrected chi connectivity index (χ3v) is 5.57. The Hall–Kier alpha value is -3.43. The minimum absolute atomic E-state index is 0.0281. The molecule has 1 aliphatic rings. The third kappa shape index (κ3) is 3.08. The lowest BCUT2D eigenvalue weighted by Crippen LogP contribution is -2.38. The lowest BCUT2D eigenvalue weighted by atomic mass is 10.1. The highest BCUT2D eigenvalue weighted by Crippen LogP contribution is 2.27. The largest absolute Gasteiger partial charge is 0.390 e. The Morgan fingerprint density at radius 2 is 1.90 bits per heavy atom. The fourth-order valence-corrected chi connectivity index (χ4v) is 4.03. The molecule has 0 saturated carbocycles. The van der Waals surface area contributed by atoms with Crippen LogP contribution in [0, 0.1) is 0 Å². The molecule has 30 heavy (non-hydrogen) atoms. The van der Waals surface area contributed by atoms with Crippen LogP contribution in [-0.2, 0) is 6.61 Å². The van der Waals surface area contributed by atoms with E-state index in [1.165, 1.54) is 6.20 Å². The molecule has 1 fully saturated rings. The molecule has 1 aliphatic heterocycles. The molecular formula is C21H20N6O3. The standard InChI is InChI=1S/C21H20N6O3/c28-11-13-2-1-12(9-23-13)16-3-4-17-18(25-16)19-15(10-24-17)20(29)26-21(30)27(19)14-5-7-22-8-6-14/h1-4,9-10,14,22,28H,5-8,11H2,(H,26,29,30). The Morgan fingerprint density at radius 1 is 1.07 bits per heavy atom. The molecule has 3 N–H and O–H groups in total. The van der Waals surface area contributed by atoms with Gasteiger partial charge in [0.05, 0.1) is 34.4 Å². The number of hydrogen-bond donors (Lipinski definition) is 3. The first-order valence-electron chi connectivity index (χ1n) is 9.87. The van der Waals surface area contributed by atoms with Gasteiger partial charge in [-0.05, 0) is 50.2 Å². The fraction of sp³-hybridized carbons (Fsp3) is 0.286. The maximum Gasteiger partial charge on any atom is 0.329 e. The lowest BCUT2D eigenvalue weighted by Gasteiger charge is -2.26. The second-order valence-electron chi connectivity index (χ2n) is 7.39. The summed E-state index contributed by atoms with van der Waals surface area (Å²) in [7, 11) is 0. The number of aromatic amines is 1. The van der Waals surface area contributed by atoms with Crippen LogP contribution >= 0.6 is 0 Å². The van der Waals surface area contributed by atoms with E-state index in [4.69, 9.17) is 4.98 Å². The SMILES string of the molecule is O=c1[nH]c(=O)n(C2CCNCC2)c2c1cnc1ccc(-c3ccc(CO)nc3)nc12. The van der Waals surface area contributed by atoms with Crippen LogP contribution in [0.25, 0.3) is 33.2 Å². The zero-order valence-corrected chi connectivity index (χ0v) is 16.1. The van der Waals surface area contributed by atoms with Crippen LogP contribution in [0.3, 0.4) is 0 Å². The predicted molar refractivity (Wildman–Crippen MR) is 112 cm³/mol. The fourth-order valence-electron chi connectivity index (χ4n) is 4.03. The van der Waals surface area contributed by atoms with Gasteiger partial charge in [-0.15, -0.1) is 0 Å². The summed E-state index contributed by atoms with van der Waals surface area (Å²) in [6, 6.07) is 7.20. The van der Waals surface area contributed by atoms with Gasteiger partial charge in [0, 0.05) is 24.0 Å². The van der Waals surface area contributed by atoms with Crippen molar-refractivity contribution in [1.29, 1.82) is 0 Å². The van der Waals surface area contributed by atoms with E-state index in [2.05, 4.69) is 20.3 Å². The summed E-state index contributed by atoms with van der Waals surface area (Å²) in [4.78, 5) is 41.2. The highest BCUT2D eigenvalue weighted by Gasteiger charge is 2.22. The molecule has 5 rings (SSSR count). The molecule has 9 nitrogen and oxygen atoms in total. The van der Waals surface area contributed by atoms with E-state index in [1.807, 2.05) is 18.2 Å². The van der Waals surface area contributed by atoms with Gasteiger partial charge in [-0.2, -0.15) is 0 Å². The molecule has 0 radical (unpaired) electrons. The first-order chi connectivity index (χ1) is 14.7. The number of hydrogen-bond acceptors (Lipinski definition) is 7. The Kier molecular flexibility index (Phi) is 4.61. The number of aromatic nitrogens is 5. The summed E-state index contributed by atoms with van der Waals surface area (Å²) in [5, 5.41) is 12.9. The Balaban J connectivity index is 1.80. The Labute approximate surface area is 170 Å². The average molecular weight is 404 g/mol. The molecule has 152 valence electrons. The molecule has 0 atom stereocenters. The average Bonchev–Trinajstić information content (AvgIpc) is 2.79. The van der Waals surface area contributed by atoms with E-state index in [0.717, 1.165) is 31.5 Å². The molecule has 0 bridgehead atoms. The van der Waals surface area contributed by atoms with Crippen LogP contribution in [0.4, 0.5) is 0 Å². The van der Waals surface area contributed by atoms with E-state index in [0.29, 0.717) is 33.3 Å². The lowest BCUT2D eigenvalue weighted by molar-refractivity contribution is 0.277. The van der Waals surface area contributed by atoms with Gasteiger partial charge in [-0.25, -0.2) is 9.78 Å². The van der Waals surface area contributed by atoms with Gasteiger partial charge in [-0.1, -0.05) is 0 Å². The van der Waals surface area contributed by atoms with Crippen molar-refractivity contribution in [2.75, 3.05) is 13.1 Å². The summed E-state index contributed by atoms with van der Waals surface area (Å²) >= 11 is 0. The molecule has 0 unspecified atom stereocenters. The zero-order valence-electron chi connectivity index (χ0n) is 16.1. The molecule has 0 amide bonds. The maximum absolute atomic E-state index is 12.8. The van der Waals surface area contributed by atoms with Gasteiger partial charge in [-0.3, -0.25) is 24.3 Å². The van der Waals surface area contributed by atoms with E-state index >= 15 is 0 Å². The van der Waals surface area contributed by atoms with E-state index in [9.17, 15) is 14.7 Å². The highest BCUT2D eigenvalue weighted by atomic mass is 16.3. The second-order valence-corrected chi connectivity index (χ2v) is 7.39. The van der Waals surface area contributed by atoms with Gasteiger partial charge in [0.25, 0.3) is 5.56 Å². The van der Waals surface area contributed by atoms with Crippen molar-refractivity contribution in [3.8, 4) is 11.3 Å². The first kappa shape index (κ1) is 18.6. The van der Waals surface area contributed by atoms with Crippen molar-refractivity contribution in [3.63, 3.8) is 0 Å². The minimum atomic E-state index is -0.462. The molecule has 9 heteroatoms. The van der Waals surface area contributed by atoms with Crippen molar-refractivity contribution < 1.29 is 5.11 Å². The van der Waals surface area contributed by atoms with Crippen LogP contribution in [0.2, 0.25) is 0 Å². The van der Waals surface area contributed by atoms with Crippen molar-refractivity contribution >= 4 is 21.9 Å². The van der Waals surface area contributed by atoms with Crippen LogP contribution in [0.15, 0.2) is 46.2 Å². The van der Waals surface area contributed by atoms with Crippen LogP contribution in [0.5, 0.6) is 0 Å². The van der Waals surface area contributed by atoms with Crippen molar-refractivity contribution in [2.24, 2.45) is 0 Å². The van der Waals surface area contributed by atoms with Crippen LogP contribution < -0.4 is 16.6 Å². The highest BCUT2D eigenvalue weighted by molar-refractivity contribution is 6.01. The maximum atomic E-state index is 12.8. The zero-order chi connectivity index (χ0) is 20.7. The summed E-state index contributed by atoms with van der Waals surface area (Å²) in [5.41, 5.74) is 2.74. The molecule has 0 aromatic carbocycles. The smallest absolute Gasteiger partial charge is 0.329 e. The normalized spacial score (nSPS) is 15.1. The van der Waals surface area contributed by atoms with E-state index in [1.54, 1.807) is 16.8 Å². The Bertz CT molecular complexity index is 1350. The number of piperidine rings is 1.